The van der Waals surface area contributed by atoms with E-state index in [0.717, 1.165) is 11.0 Å². The first-order valence-corrected chi connectivity index (χ1v) is 4.36. The SMILES string of the molecule is CNC(=O)c1ccc2c(ccn2C)n1. The first-order chi connectivity index (χ1) is 6.72. The lowest BCUT2D eigenvalue weighted by molar-refractivity contribution is 0.0958. The molecular formula is C10H11N3O. The van der Waals surface area contributed by atoms with E-state index in [4.69, 9.17) is 0 Å². The van der Waals surface area contributed by atoms with Crippen LogP contribution < -0.4 is 5.32 Å². The summed E-state index contributed by atoms with van der Waals surface area (Å²) in [5, 5.41) is 2.54. The van der Waals surface area contributed by atoms with E-state index in [1.165, 1.54) is 0 Å². The van der Waals surface area contributed by atoms with Gasteiger partial charge in [-0.15, -0.1) is 0 Å². The summed E-state index contributed by atoms with van der Waals surface area (Å²) in [6, 6.07) is 5.51. The summed E-state index contributed by atoms with van der Waals surface area (Å²) < 4.78 is 1.97. The Hall–Kier alpha value is -1.84. The number of hydrogen-bond acceptors (Lipinski definition) is 2. The Bertz CT molecular complexity index is 487. The molecule has 0 fully saturated rings. The van der Waals surface area contributed by atoms with Crippen molar-refractivity contribution in [1.29, 1.82) is 0 Å². The van der Waals surface area contributed by atoms with Crippen LogP contribution in [0.1, 0.15) is 10.5 Å². The first-order valence-electron chi connectivity index (χ1n) is 4.36. The third kappa shape index (κ3) is 1.25. The highest BCUT2D eigenvalue weighted by atomic mass is 16.1. The molecule has 4 heteroatoms. The highest BCUT2D eigenvalue weighted by molar-refractivity contribution is 5.94. The summed E-state index contributed by atoms with van der Waals surface area (Å²) in [5.74, 6) is -0.157. The van der Waals surface area contributed by atoms with E-state index in [2.05, 4.69) is 10.3 Å². The smallest absolute Gasteiger partial charge is 0.269 e. The van der Waals surface area contributed by atoms with Crippen molar-refractivity contribution >= 4 is 16.9 Å². The van der Waals surface area contributed by atoms with Crippen molar-refractivity contribution in [3.05, 3.63) is 30.1 Å². The summed E-state index contributed by atoms with van der Waals surface area (Å²) in [4.78, 5) is 15.5. The van der Waals surface area contributed by atoms with Crippen molar-refractivity contribution in [2.75, 3.05) is 7.05 Å². The molecule has 2 aromatic rings. The molecule has 72 valence electrons. The Labute approximate surface area is 81.6 Å². The number of nitrogens with one attached hydrogen (secondary N) is 1. The molecule has 14 heavy (non-hydrogen) atoms. The number of nitrogens with zero attached hydrogens (tertiary/aromatic N) is 2. The molecule has 0 spiro atoms. The number of aromatic nitrogens is 2. The molecule has 2 rings (SSSR count). The van der Waals surface area contributed by atoms with Crippen LogP contribution in [0.4, 0.5) is 0 Å². The van der Waals surface area contributed by atoms with Gasteiger partial charge in [-0.2, -0.15) is 0 Å². The number of fused-ring (bicyclic) bond motifs is 1. The lowest BCUT2D eigenvalue weighted by Crippen LogP contribution is -2.18. The van der Waals surface area contributed by atoms with Gasteiger partial charge in [0.2, 0.25) is 0 Å². The van der Waals surface area contributed by atoms with Gasteiger partial charge in [0.05, 0.1) is 11.0 Å². The van der Waals surface area contributed by atoms with Gasteiger partial charge >= 0.3 is 0 Å². The zero-order valence-corrected chi connectivity index (χ0v) is 8.11. The fraction of sp³-hybridized carbons (Fsp3) is 0.200. The Morgan fingerprint density at radius 2 is 2.21 bits per heavy atom. The second kappa shape index (κ2) is 3.14. The number of carbonyl (C=O) groups is 1. The van der Waals surface area contributed by atoms with Gasteiger partial charge < -0.3 is 9.88 Å². The van der Waals surface area contributed by atoms with Crippen LogP contribution in [0.3, 0.4) is 0 Å². The van der Waals surface area contributed by atoms with Crippen molar-refractivity contribution in [1.82, 2.24) is 14.9 Å². The van der Waals surface area contributed by atoms with Crippen LogP contribution in [0.5, 0.6) is 0 Å². The molecule has 0 aliphatic heterocycles. The van der Waals surface area contributed by atoms with Crippen LogP contribution in [0.2, 0.25) is 0 Å². The molecule has 0 unspecified atom stereocenters. The van der Waals surface area contributed by atoms with Gasteiger partial charge in [-0.1, -0.05) is 0 Å². The van der Waals surface area contributed by atoms with Crippen molar-refractivity contribution in [3.63, 3.8) is 0 Å². The molecule has 1 amide bonds. The van der Waals surface area contributed by atoms with Crippen LogP contribution in [0.15, 0.2) is 24.4 Å². The van der Waals surface area contributed by atoms with Crippen molar-refractivity contribution < 1.29 is 4.79 Å². The molecule has 2 heterocycles. The summed E-state index contributed by atoms with van der Waals surface area (Å²) >= 11 is 0. The number of amides is 1. The van der Waals surface area contributed by atoms with Crippen molar-refractivity contribution in [3.8, 4) is 0 Å². The lowest BCUT2D eigenvalue weighted by Gasteiger charge is -1.99. The Balaban J connectivity index is 2.57. The molecule has 0 bridgehead atoms. The fourth-order valence-corrected chi connectivity index (χ4v) is 1.41. The average Bonchev–Trinajstić information content (AvgIpc) is 2.59. The van der Waals surface area contributed by atoms with Gasteiger partial charge in [0.1, 0.15) is 5.69 Å². The van der Waals surface area contributed by atoms with E-state index in [-0.39, 0.29) is 5.91 Å². The molecule has 0 radical (unpaired) electrons. The summed E-state index contributed by atoms with van der Waals surface area (Å²) in [5.41, 5.74) is 2.32. The number of hydrogen-bond donors (Lipinski definition) is 1. The van der Waals surface area contributed by atoms with Crippen molar-refractivity contribution in [2.45, 2.75) is 0 Å². The maximum Gasteiger partial charge on any atom is 0.269 e. The number of aryl methyl sites for hydroxylation is 1. The van der Waals surface area contributed by atoms with Gasteiger partial charge in [0.15, 0.2) is 0 Å². The number of pyridine rings is 1. The number of rotatable bonds is 1. The predicted molar refractivity (Wildman–Crippen MR) is 54.1 cm³/mol. The van der Waals surface area contributed by atoms with Gasteiger partial charge in [0.25, 0.3) is 5.91 Å². The van der Waals surface area contributed by atoms with E-state index < -0.39 is 0 Å². The molecule has 0 aromatic carbocycles. The quantitative estimate of drug-likeness (QED) is 0.725. The Morgan fingerprint density at radius 3 is 2.93 bits per heavy atom. The normalized spacial score (nSPS) is 10.4. The highest BCUT2D eigenvalue weighted by Gasteiger charge is 2.06. The minimum absolute atomic E-state index is 0.157. The third-order valence-electron chi connectivity index (χ3n) is 2.20. The Morgan fingerprint density at radius 1 is 1.43 bits per heavy atom. The van der Waals surface area contributed by atoms with Crippen LogP contribution in [-0.2, 0) is 7.05 Å². The van der Waals surface area contributed by atoms with E-state index in [0.29, 0.717) is 5.69 Å². The summed E-state index contributed by atoms with van der Waals surface area (Å²) in [7, 11) is 3.54. The fourth-order valence-electron chi connectivity index (χ4n) is 1.41. The summed E-state index contributed by atoms with van der Waals surface area (Å²) in [6.07, 6.45) is 1.92. The second-order valence-electron chi connectivity index (χ2n) is 3.11. The monoisotopic (exact) mass is 189 g/mol. The average molecular weight is 189 g/mol. The minimum Gasteiger partial charge on any atom is -0.354 e. The summed E-state index contributed by atoms with van der Waals surface area (Å²) in [6.45, 7) is 0. The van der Waals surface area contributed by atoms with Crippen LogP contribution in [0, 0.1) is 0 Å². The topological polar surface area (TPSA) is 46.9 Å². The molecule has 0 saturated heterocycles. The maximum absolute atomic E-state index is 11.3. The lowest BCUT2D eigenvalue weighted by atomic mass is 10.3. The van der Waals surface area contributed by atoms with Crippen molar-refractivity contribution in [2.24, 2.45) is 7.05 Å². The highest BCUT2D eigenvalue weighted by Crippen LogP contribution is 2.12. The zero-order chi connectivity index (χ0) is 10.1. The number of carbonyl (C=O) groups excluding carboxylic acids is 1. The van der Waals surface area contributed by atoms with Crippen LogP contribution >= 0.6 is 0 Å². The minimum atomic E-state index is -0.157. The van der Waals surface area contributed by atoms with E-state index in [9.17, 15) is 4.79 Å². The second-order valence-corrected chi connectivity index (χ2v) is 3.11. The van der Waals surface area contributed by atoms with E-state index in [1.54, 1.807) is 13.1 Å². The molecule has 4 nitrogen and oxygen atoms in total. The van der Waals surface area contributed by atoms with Gasteiger partial charge in [-0.25, -0.2) is 4.98 Å². The first kappa shape index (κ1) is 8.74. The third-order valence-corrected chi connectivity index (χ3v) is 2.20. The molecule has 0 aliphatic carbocycles. The molecule has 1 N–H and O–H groups in total. The molecule has 0 saturated carbocycles. The van der Waals surface area contributed by atoms with E-state index in [1.807, 2.05) is 29.9 Å². The Kier molecular flexibility index (Phi) is 1.96. The molecular weight excluding hydrogens is 178 g/mol. The van der Waals surface area contributed by atoms with Crippen LogP contribution in [0.25, 0.3) is 11.0 Å². The largest absolute Gasteiger partial charge is 0.354 e. The zero-order valence-electron chi connectivity index (χ0n) is 8.11. The predicted octanol–water partition coefficient (Wildman–Crippen LogP) is 0.933. The standard InChI is InChI=1S/C10H11N3O/c1-11-10(14)8-3-4-9-7(12-8)5-6-13(9)2/h3-6H,1-2H3,(H,11,14). The van der Waals surface area contributed by atoms with Gasteiger partial charge in [-0.05, 0) is 18.2 Å². The molecule has 0 atom stereocenters. The van der Waals surface area contributed by atoms with Gasteiger partial charge in [0, 0.05) is 20.3 Å². The van der Waals surface area contributed by atoms with Crippen LogP contribution in [-0.4, -0.2) is 22.5 Å². The van der Waals surface area contributed by atoms with E-state index >= 15 is 0 Å². The molecule has 2 aromatic heterocycles. The molecule has 0 aliphatic rings. The maximum atomic E-state index is 11.3. The van der Waals surface area contributed by atoms with Gasteiger partial charge in [-0.3, -0.25) is 4.79 Å².